The molecule has 1 atom stereocenters. The lowest BCUT2D eigenvalue weighted by Gasteiger charge is -2.32. The summed E-state index contributed by atoms with van der Waals surface area (Å²) in [6.45, 7) is 9.48. The van der Waals surface area contributed by atoms with Gasteiger partial charge in [-0.1, -0.05) is 0 Å². The third-order valence-corrected chi connectivity index (χ3v) is 5.78. The standard InChI is InChI=1S/C13H27N3O3S/c1-12(2)19-9-10-20(17,18)16-6-3-13(11-16)15-7-4-14-5-8-15/h12-14H,3-11H2,1-2H3. The number of hydrogen-bond donors (Lipinski definition) is 1. The molecular formula is C13H27N3O3S. The smallest absolute Gasteiger partial charge is 0.216 e. The Bertz CT molecular complexity index is 394. The maximum Gasteiger partial charge on any atom is 0.216 e. The van der Waals surface area contributed by atoms with Crippen molar-refractivity contribution in [3.63, 3.8) is 0 Å². The zero-order chi connectivity index (χ0) is 14.6. The first-order chi connectivity index (χ1) is 9.49. The van der Waals surface area contributed by atoms with Gasteiger partial charge in [-0.25, -0.2) is 12.7 Å². The SMILES string of the molecule is CC(C)OCCS(=O)(=O)N1CCC(N2CCNCC2)C1. The van der Waals surface area contributed by atoms with Crippen molar-refractivity contribution in [2.24, 2.45) is 0 Å². The van der Waals surface area contributed by atoms with Gasteiger partial charge in [0.2, 0.25) is 10.0 Å². The van der Waals surface area contributed by atoms with Gasteiger partial charge in [-0.2, -0.15) is 0 Å². The molecule has 2 rings (SSSR count). The van der Waals surface area contributed by atoms with Crippen molar-refractivity contribution in [1.82, 2.24) is 14.5 Å². The van der Waals surface area contributed by atoms with Crippen LogP contribution in [0.4, 0.5) is 0 Å². The number of nitrogens with one attached hydrogen (secondary N) is 1. The van der Waals surface area contributed by atoms with Gasteiger partial charge >= 0.3 is 0 Å². The Balaban J connectivity index is 1.81. The van der Waals surface area contributed by atoms with Crippen LogP contribution in [0, 0.1) is 0 Å². The Kier molecular flexibility index (Phi) is 5.80. The van der Waals surface area contributed by atoms with Crippen LogP contribution >= 0.6 is 0 Å². The predicted octanol–water partition coefficient (Wildman–Crippen LogP) is -0.279. The Morgan fingerprint density at radius 1 is 1.25 bits per heavy atom. The normalized spacial score (nSPS) is 26.4. The van der Waals surface area contributed by atoms with Gasteiger partial charge in [0.1, 0.15) is 0 Å². The molecule has 2 heterocycles. The summed E-state index contributed by atoms with van der Waals surface area (Å²) in [4.78, 5) is 2.41. The minimum atomic E-state index is -3.16. The van der Waals surface area contributed by atoms with Crippen molar-refractivity contribution in [2.45, 2.75) is 32.4 Å². The van der Waals surface area contributed by atoms with E-state index in [4.69, 9.17) is 4.74 Å². The molecule has 0 aromatic heterocycles. The molecule has 0 aliphatic carbocycles. The van der Waals surface area contributed by atoms with Crippen LogP contribution in [0.3, 0.4) is 0 Å². The molecule has 0 radical (unpaired) electrons. The van der Waals surface area contributed by atoms with Crippen molar-refractivity contribution >= 4 is 10.0 Å². The van der Waals surface area contributed by atoms with Crippen molar-refractivity contribution in [1.29, 1.82) is 0 Å². The quantitative estimate of drug-likeness (QED) is 0.731. The fourth-order valence-corrected chi connectivity index (χ4v) is 4.17. The lowest BCUT2D eigenvalue weighted by Crippen LogP contribution is -2.49. The van der Waals surface area contributed by atoms with Crippen LogP contribution in [0.25, 0.3) is 0 Å². The highest BCUT2D eigenvalue weighted by molar-refractivity contribution is 7.89. The minimum absolute atomic E-state index is 0.0809. The van der Waals surface area contributed by atoms with Gasteiger partial charge in [0.15, 0.2) is 0 Å². The van der Waals surface area contributed by atoms with E-state index < -0.39 is 10.0 Å². The van der Waals surface area contributed by atoms with Crippen LogP contribution in [-0.2, 0) is 14.8 Å². The van der Waals surface area contributed by atoms with E-state index in [2.05, 4.69) is 10.2 Å². The number of rotatable bonds is 6. The topological polar surface area (TPSA) is 61.9 Å². The molecular weight excluding hydrogens is 278 g/mol. The number of sulfonamides is 1. The number of piperazine rings is 1. The second kappa shape index (κ2) is 7.17. The zero-order valence-electron chi connectivity index (χ0n) is 12.5. The van der Waals surface area contributed by atoms with Gasteiger partial charge in [0.25, 0.3) is 0 Å². The molecule has 1 N–H and O–H groups in total. The van der Waals surface area contributed by atoms with E-state index in [1.54, 1.807) is 4.31 Å². The molecule has 0 spiro atoms. The molecule has 2 aliphatic rings. The van der Waals surface area contributed by atoms with Crippen LogP contribution in [-0.4, -0.2) is 81.4 Å². The Morgan fingerprint density at radius 3 is 2.60 bits per heavy atom. The van der Waals surface area contributed by atoms with Gasteiger partial charge in [-0.15, -0.1) is 0 Å². The maximum atomic E-state index is 12.3. The summed E-state index contributed by atoms with van der Waals surface area (Å²) in [5.74, 6) is 0.0967. The summed E-state index contributed by atoms with van der Waals surface area (Å²) >= 11 is 0. The molecule has 7 heteroatoms. The molecule has 0 saturated carbocycles. The fourth-order valence-electron chi connectivity index (χ4n) is 2.83. The van der Waals surface area contributed by atoms with Gasteiger partial charge < -0.3 is 10.1 Å². The van der Waals surface area contributed by atoms with Crippen molar-refractivity contribution in [3.8, 4) is 0 Å². The lowest BCUT2D eigenvalue weighted by atomic mass is 10.2. The number of nitrogens with zero attached hydrogens (tertiary/aromatic N) is 2. The van der Waals surface area contributed by atoms with E-state index in [1.807, 2.05) is 13.8 Å². The molecule has 0 aromatic rings. The molecule has 6 nitrogen and oxygen atoms in total. The third kappa shape index (κ3) is 4.39. The van der Waals surface area contributed by atoms with Crippen LogP contribution in [0.15, 0.2) is 0 Å². The minimum Gasteiger partial charge on any atom is -0.378 e. The first kappa shape index (κ1) is 16.2. The Morgan fingerprint density at radius 2 is 1.95 bits per heavy atom. The third-order valence-electron chi connectivity index (χ3n) is 3.98. The summed E-state index contributed by atoms with van der Waals surface area (Å²) in [5.41, 5.74) is 0. The molecule has 1 unspecified atom stereocenters. The lowest BCUT2D eigenvalue weighted by molar-refractivity contribution is 0.0907. The Hall–Kier alpha value is -0.210. The molecule has 2 fully saturated rings. The van der Waals surface area contributed by atoms with Gasteiger partial charge in [0, 0.05) is 45.3 Å². The average molecular weight is 305 g/mol. The van der Waals surface area contributed by atoms with Crippen LogP contribution < -0.4 is 5.32 Å². The molecule has 118 valence electrons. The predicted molar refractivity (Wildman–Crippen MR) is 79.3 cm³/mol. The van der Waals surface area contributed by atoms with Gasteiger partial charge in [-0.3, -0.25) is 4.90 Å². The summed E-state index contributed by atoms with van der Waals surface area (Å²) in [6, 6.07) is 0.387. The second-order valence-electron chi connectivity index (χ2n) is 5.82. The first-order valence-electron chi connectivity index (χ1n) is 7.53. The summed E-state index contributed by atoms with van der Waals surface area (Å²) in [7, 11) is -3.16. The average Bonchev–Trinajstić information content (AvgIpc) is 2.89. The molecule has 0 amide bonds. The van der Waals surface area contributed by atoms with Crippen LogP contribution in [0.1, 0.15) is 20.3 Å². The van der Waals surface area contributed by atoms with Crippen molar-refractivity contribution in [3.05, 3.63) is 0 Å². The molecule has 2 aliphatic heterocycles. The maximum absolute atomic E-state index is 12.3. The van der Waals surface area contributed by atoms with E-state index in [0.29, 0.717) is 19.1 Å². The van der Waals surface area contributed by atoms with E-state index >= 15 is 0 Å². The second-order valence-corrected chi connectivity index (χ2v) is 7.91. The fraction of sp³-hybridized carbons (Fsp3) is 1.00. The molecule has 20 heavy (non-hydrogen) atoms. The summed E-state index contributed by atoms with van der Waals surface area (Å²) in [5, 5.41) is 3.33. The largest absolute Gasteiger partial charge is 0.378 e. The van der Waals surface area contributed by atoms with Gasteiger partial charge in [-0.05, 0) is 20.3 Å². The highest BCUT2D eigenvalue weighted by atomic mass is 32.2. The van der Waals surface area contributed by atoms with E-state index in [9.17, 15) is 8.42 Å². The Labute approximate surface area is 122 Å². The number of hydrogen-bond acceptors (Lipinski definition) is 5. The monoisotopic (exact) mass is 305 g/mol. The summed E-state index contributed by atoms with van der Waals surface area (Å²) < 4.78 is 31.5. The zero-order valence-corrected chi connectivity index (χ0v) is 13.4. The van der Waals surface area contributed by atoms with Crippen molar-refractivity contribution < 1.29 is 13.2 Å². The van der Waals surface area contributed by atoms with Crippen molar-refractivity contribution in [2.75, 3.05) is 51.6 Å². The van der Waals surface area contributed by atoms with E-state index in [1.165, 1.54) is 0 Å². The molecule has 0 aromatic carbocycles. The van der Waals surface area contributed by atoms with E-state index in [0.717, 1.165) is 32.6 Å². The van der Waals surface area contributed by atoms with Gasteiger partial charge in [0.05, 0.1) is 18.5 Å². The first-order valence-corrected chi connectivity index (χ1v) is 9.14. The van der Waals surface area contributed by atoms with E-state index in [-0.39, 0.29) is 18.5 Å². The molecule has 2 saturated heterocycles. The van der Waals surface area contributed by atoms with Crippen LogP contribution in [0.2, 0.25) is 0 Å². The highest BCUT2D eigenvalue weighted by Crippen LogP contribution is 2.19. The highest BCUT2D eigenvalue weighted by Gasteiger charge is 2.34. The summed E-state index contributed by atoms with van der Waals surface area (Å²) in [6.07, 6.45) is 1.03. The molecule has 0 bridgehead atoms. The van der Waals surface area contributed by atoms with Crippen LogP contribution in [0.5, 0.6) is 0 Å². The number of ether oxygens (including phenoxy) is 1.